The van der Waals surface area contributed by atoms with Crippen molar-refractivity contribution in [3.05, 3.63) is 33.5 Å². The minimum Gasteiger partial charge on any atom is -0.309 e. The molecule has 4 nitrogen and oxygen atoms in total. The number of aromatic nitrogens is 3. The standard InChI is InChI=1S/C12H17ClN4S/c1-3-14-9(10-5-6-11(13)18-10)7-12-15-8-16-17(12)4-2/h5-6,8-9,14H,3-4,7H2,1-2H3. The van der Waals surface area contributed by atoms with Crippen molar-refractivity contribution in [1.29, 1.82) is 0 Å². The van der Waals surface area contributed by atoms with Crippen LogP contribution >= 0.6 is 22.9 Å². The van der Waals surface area contributed by atoms with Gasteiger partial charge in [-0.25, -0.2) is 4.98 Å². The quantitative estimate of drug-likeness (QED) is 0.887. The summed E-state index contributed by atoms with van der Waals surface area (Å²) >= 11 is 7.62. The van der Waals surface area contributed by atoms with E-state index in [4.69, 9.17) is 11.6 Å². The van der Waals surface area contributed by atoms with Crippen LogP contribution in [0.5, 0.6) is 0 Å². The van der Waals surface area contributed by atoms with E-state index in [1.807, 2.05) is 10.7 Å². The molecule has 6 heteroatoms. The molecule has 2 aromatic rings. The fourth-order valence-corrected chi connectivity index (χ4v) is 3.06. The molecule has 98 valence electrons. The van der Waals surface area contributed by atoms with Gasteiger partial charge in [-0.3, -0.25) is 4.68 Å². The van der Waals surface area contributed by atoms with Crippen LogP contribution in [-0.4, -0.2) is 21.3 Å². The monoisotopic (exact) mass is 284 g/mol. The Morgan fingerprint density at radius 2 is 2.28 bits per heavy atom. The van der Waals surface area contributed by atoms with Crippen molar-refractivity contribution < 1.29 is 0 Å². The van der Waals surface area contributed by atoms with E-state index in [0.717, 1.165) is 29.7 Å². The van der Waals surface area contributed by atoms with Crippen LogP contribution in [0.2, 0.25) is 4.34 Å². The van der Waals surface area contributed by atoms with Gasteiger partial charge in [0.2, 0.25) is 0 Å². The van der Waals surface area contributed by atoms with Crippen LogP contribution in [0.25, 0.3) is 0 Å². The number of likely N-dealkylation sites (N-methyl/N-ethyl adjacent to an activating group) is 1. The number of hydrogen-bond donors (Lipinski definition) is 1. The van der Waals surface area contributed by atoms with Gasteiger partial charge in [0.05, 0.1) is 4.34 Å². The third-order valence-corrected chi connectivity index (χ3v) is 4.11. The van der Waals surface area contributed by atoms with Crippen LogP contribution in [-0.2, 0) is 13.0 Å². The largest absolute Gasteiger partial charge is 0.309 e. The van der Waals surface area contributed by atoms with Gasteiger partial charge in [0, 0.05) is 23.9 Å². The van der Waals surface area contributed by atoms with Gasteiger partial charge < -0.3 is 5.32 Å². The molecule has 0 spiro atoms. The van der Waals surface area contributed by atoms with Crippen LogP contribution in [0.1, 0.15) is 30.6 Å². The summed E-state index contributed by atoms with van der Waals surface area (Å²) in [6.07, 6.45) is 2.45. The fourth-order valence-electron chi connectivity index (χ4n) is 1.93. The fraction of sp³-hybridized carbons (Fsp3) is 0.500. The number of rotatable bonds is 6. The first kappa shape index (κ1) is 13.5. The molecule has 18 heavy (non-hydrogen) atoms. The second kappa shape index (κ2) is 6.31. The Labute approximate surface area is 116 Å². The zero-order valence-corrected chi connectivity index (χ0v) is 12.1. The predicted octanol–water partition coefficient (Wildman–Crippen LogP) is 2.91. The summed E-state index contributed by atoms with van der Waals surface area (Å²) in [5.41, 5.74) is 0. The summed E-state index contributed by atoms with van der Waals surface area (Å²) in [5.74, 6) is 1.01. The van der Waals surface area contributed by atoms with Crippen molar-refractivity contribution in [3.8, 4) is 0 Å². The van der Waals surface area contributed by atoms with Gasteiger partial charge >= 0.3 is 0 Å². The van der Waals surface area contributed by atoms with E-state index < -0.39 is 0 Å². The van der Waals surface area contributed by atoms with Crippen molar-refractivity contribution in [3.63, 3.8) is 0 Å². The average molecular weight is 285 g/mol. The molecule has 0 bridgehead atoms. The molecule has 0 aliphatic heterocycles. The molecule has 0 saturated carbocycles. The molecule has 1 unspecified atom stereocenters. The highest BCUT2D eigenvalue weighted by Gasteiger charge is 2.16. The molecule has 0 radical (unpaired) electrons. The van der Waals surface area contributed by atoms with E-state index >= 15 is 0 Å². The maximum absolute atomic E-state index is 6.00. The van der Waals surface area contributed by atoms with E-state index in [0.29, 0.717) is 0 Å². The van der Waals surface area contributed by atoms with Gasteiger partial charge in [0.25, 0.3) is 0 Å². The second-order valence-electron chi connectivity index (χ2n) is 3.95. The lowest BCUT2D eigenvalue weighted by Crippen LogP contribution is -2.23. The molecule has 0 aliphatic rings. The maximum Gasteiger partial charge on any atom is 0.138 e. The summed E-state index contributed by atoms with van der Waals surface area (Å²) in [4.78, 5) is 5.57. The lowest BCUT2D eigenvalue weighted by Gasteiger charge is -2.16. The zero-order chi connectivity index (χ0) is 13.0. The highest BCUT2D eigenvalue weighted by Crippen LogP contribution is 2.28. The SMILES string of the molecule is CCNC(Cc1ncnn1CC)c1ccc(Cl)s1. The summed E-state index contributed by atoms with van der Waals surface area (Å²) in [6.45, 7) is 5.94. The molecular formula is C12H17ClN4S. The average Bonchev–Trinajstić information content (AvgIpc) is 2.97. The van der Waals surface area contributed by atoms with Gasteiger partial charge in [-0.15, -0.1) is 11.3 Å². The van der Waals surface area contributed by atoms with Gasteiger partial charge in [0.15, 0.2) is 0 Å². The third kappa shape index (κ3) is 3.10. The van der Waals surface area contributed by atoms with Crippen molar-refractivity contribution in [2.24, 2.45) is 0 Å². The predicted molar refractivity (Wildman–Crippen MR) is 75.1 cm³/mol. The van der Waals surface area contributed by atoms with Crippen molar-refractivity contribution >= 4 is 22.9 Å². The molecule has 2 heterocycles. The lowest BCUT2D eigenvalue weighted by molar-refractivity contribution is 0.515. The van der Waals surface area contributed by atoms with Gasteiger partial charge in [-0.1, -0.05) is 18.5 Å². The van der Waals surface area contributed by atoms with E-state index in [1.54, 1.807) is 17.7 Å². The van der Waals surface area contributed by atoms with Gasteiger partial charge in [0.1, 0.15) is 12.2 Å². The van der Waals surface area contributed by atoms with Crippen LogP contribution < -0.4 is 5.32 Å². The highest BCUT2D eigenvalue weighted by atomic mass is 35.5. The number of hydrogen-bond acceptors (Lipinski definition) is 4. The normalized spacial score (nSPS) is 12.8. The van der Waals surface area contributed by atoms with Gasteiger partial charge in [-0.2, -0.15) is 5.10 Å². The number of aryl methyl sites for hydroxylation is 1. The zero-order valence-electron chi connectivity index (χ0n) is 10.6. The first-order valence-corrected chi connectivity index (χ1v) is 7.29. The Morgan fingerprint density at radius 1 is 1.44 bits per heavy atom. The van der Waals surface area contributed by atoms with E-state index in [1.165, 1.54) is 4.88 Å². The summed E-state index contributed by atoms with van der Waals surface area (Å²) in [6, 6.07) is 4.27. The smallest absolute Gasteiger partial charge is 0.138 e. The number of nitrogens with zero attached hydrogens (tertiary/aromatic N) is 3. The molecule has 2 aromatic heterocycles. The van der Waals surface area contributed by atoms with Crippen molar-refractivity contribution in [2.75, 3.05) is 6.54 Å². The Bertz CT molecular complexity index is 494. The molecule has 1 N–H and O–H groups in total. The summed E-state index contributed by atoms with van der Waals surface area (Å²) < 4.78 is 2.75. The first-order chi connectivity index (χ1) is 8.74. The first-order valence-electron chi connectivity index (χ1n) is 6.09. The molecule has 0 aromatic carbocycles. The highest BCUT2D eigenvalue weighted by molar-refractivity contribution is 7.16. The molecule has 1 atom stereocenters. The number of halogens is 1. The summed E-state index contributed by atoms with van der Waals surface area (Å²) in [7, 11) is 0. The Kier molecular flexibility index (Phi) is 4.74. The van der Waals surface area contributed by atoms with E-state index in [2.05, 4.69) is 35.3 Å². The summed E-state index contributed by atoms with van der Waals surface area (Å²) in [5, 5.41) is 7.67. The molecule has 0 fully saturated rings. The molecule has 0 aliphatic carbocycles. The van der Waals surface area contributed by atoms with Crippen molar-refractivity contribution in [1.82, 2.24) is 20.1 Å². The molecular weight excluding hydrogens is 268 g/mol. The van der Waals surface area contributed by atoms with Gasteiger partial charge in [-0.05, 0) is 25.6 Å². The van der Waals surface area contributed by atoms with Crippen LogP contribution in [0.3, 0.4) is 0 Å². The lowest BCUT2D eigenvalue weighted by atomic mass is 10.1. The minimum atomic E-state index is 0.252. The topological polar surface area (TPSA) is 42.7 Å². The van der Waals surface area contributed by atoms with Crippen LogP contribution in [0.15, 0.2) is 18.5 Å². The number of nitrogens with one attached hydrogen (secondary N) is 1. The maximum atomic E-state index is 6.00. The Balaban J connectivity index is 2.16. The molecule has 2 rings (SSSR count). The van der Waals surface area contributed by atoms with Crippen LogP contribution in [0.4, 0.5) is 0 Å². The second-order valence-corrected chi connectivity index (χ2v) is 5.69. The molecule has 0 amide bonds. The van der Waals surface area contributed by atoms with Crippen molar-refractivity contribution in [2.45, 2.75) is 32.9 Å². The third-order valence-electron chi connectivity index (χ3n) is 2.77. The Morgan fingerprint density at radius 3 is 2.89 bits per heavy atom. The van der Waals surface area contributed by atoms with E-state index in [9.17, 15) is 0 Å². The number of thiophene rings is 1. The molecule has 0 saturated heterocycles. The minimum absolute atomic E-state index is 0.252. The Hall–Kier alpha value is -0.910. The van der Waals surface area contributed by atoms with E-state index in [-0.39, 0.29) is 6.04 Å². The van der Waals surface area contributed by atoms with Crippen LogP contribution in [0, 0.1) is 0 Å².